The lowest BCUT2D eigenvalue weighted by atomic mass is 10.1. The molecule has 1 aromatic carbocycles. The van der Waals surface area contributed by atoms with Crippen molar-refractivity contribution in [2.75, 3.05) is 20.1 Å². The number of ether oxygens (including phenoxy) is 1. The second-order valence-corrected chi connectivity index (χ2v) is 5.12. The van der Waals surface area contributed by atoms with Gasteiger partial charge in [-0.1, -0.05) is 0 Å². The molecule has 116 valence electrons. The first kappa shape index (κ1) is 15.6. The molecule has 0 aromatic heterocycles. The molecule has 0 spiro atoms. The molecule has 1 aliphatic heterocycles. The van der Waals surface area contributed by atoms with Crippen molar-refractivity contribution in [3.05, 3.63) is 33.1 Å². The maximum atomic E-state index is 13.9. The Bertz CT molecular complexity index is 573. The maximum absolute atomic E-state index is 13.9. The minimum Gasteiger partial charge on any atom is -0.481 e. The summed E-state index contributed by atoms with van der Waals surface area (Å²) in [4.78, 5) is 11.9. The Morgan fingerprint density at radius 3 is 2.29 bits per heavy atom. The molecule has 1 saturated heterocycles. The molecule has 0 radical (unpaired) electrons. The highest BCUT2D eigenvalue weighted by Crippen LogP contribution is 2.38. The number of nitro groups is 1. The van der Waals surface area contributed by atoms with Gasteiger partial charge in [0.25, 0.3) is 0 Å². The normalized spacial score (nSPS) is 17.0. The Balaban J connectivity index is 2.40. The van der Waals surface area contributed by atoms with Crippen LogP contribution in [-0.2, 0) is 0 Å². The summed E-state index contributed by atoms with van der Waals surface area (Å²) in [5, 5.41) is 10.9. The number of benzene rings is 1. The standard InChI is InChI=1S/C13H15F3N2O3/c1-7-9(14)11(16)13(12(10(7)15)18(19)20)21-8-3-5-17(2)6-4-8/h8H,3-6H2,1-2H3. The third-order valence-corrected chi connectivity index (χ3v) is 3.61. The summed E-state index contributed by atoms with van der Waals surface area (Å²) in [6.07, 6.45) is 0.505. The summed E-state index contributed by atoms with van der Waals surface area (Å²) in [5.74, 6) is -5.32. The highest BCUT2D eigenvalue weighted by atomic mass is 19.2. The average Bonchev–Trinajstić information content (AvgIpc) is 2.44. The van der Waals surface area contributed by atoms with Gasteiger partial charge in [-0.2, -0.15) is 8.78 Å². The van der Waals surface area contributed by atoms with Crippen LogP contribution in [0.5, 0.6) is 5.75 Å². The molecule has 0 bridgehead atoms. The number of halogens is 3. The fourth-order valence-electron chi connectivity index (χ4n) is 2.28. The molecule has 5 nitrogen and oxygen atoms in total. The Kier molecular flexibility index (Phi) is 4.36. The summed E-state index contributed by atoms with van der Waals surface area (Å²) in [6.45, 7) is 2.27. The van der Waals surface area contributed by atoms with E-state index in [1.807, 2.05) is 11.9 Å². The SMILES string of the molecule is Cc1c(F)c(F)c(OC2CCN(C)CC2)c([N+](=O)[O-])c1F. The van der Waals surface area contributed by atoms with Crippen LogP contribution in [0.4, 0.5) is 18.9 Å². The fourth-order valence-corrected chi connectivity index (χ4v) is 2.28. The van der Waals surface area contributed by atoms with Gasteiger partial charge in [-0.3, -0.25) is 10.1 Å². The van der Waals surface area contributed by atoms with Crippen molar-refractivity contribution in [2.24, 2.45) is 0 Å². The van der Waals surface area contributed by atoms with Gasteiger partial charge in [0, 0.05) is 18.7 Å². The van der Waals surface area contributed by atoms with E-state index >= 15 is 0 Å². The molecule has 0 atom stereocenters. The zero-order valence-corrected chi connectivity index (χ0v) is 11.7. The van der Waals surface area contributed by atoms with E-state index < -0.39 is 45.5 Å². The molecular weight excluding hydrogens is 289 g/mol. The third kappa shape index (κ3) is 2.94. The first-order chi connectivity index (χ1) is 9.82. The molecule has 0 unspecified atom stereocenters. The Morgan fingerprint density at radius 2 is 1.76 bits per heavy atom. The molecule has 1 aromatic rings. The largest absolute Gasteiger partial charge is 0.481 e. The van der Waals surface area contributed by atoms with Gasteiger partial charge in [-0.05, 0) is 26.8 Å². The zero-order chi connectivity index (χ0) is 15.7. The predicted molar refractivity (Wildman–Crippen MR) is 68.9 cm³/mol. The van der Waals surface area contributed by atoms with Gasteiger partial charge < -0.3 is 9.64 Å². The first-order valence-corrected chi connectivity index (χ1v) is 6.49. The number of piperidine rings is 1. The van der Waals surface area contributed by atoms with Crippen molar-refractivity contribution in [1.82, 2.24) is 4.90 Å². The Hall–Kier alpha value is -1.83. The molecule has 0 aliphatic carbocycles. The lowest BCUT2D eigenvalue weighted by molar-refractivity contribution is -0.389. The number of hydrogen-bond donors (Lipinski definition) is 0. The van der Waals surface area contributed by atoms with E-state index in [0.717, 1.165) is 6.92 Å². The van der Waals surface area contributed by atoms with Gasteiger partial charge in [-0.15, -0.1) is 0 Å². The van der Waals surface area contributed by atoms with Crippen molar-refractivity contribution < 1.29 is 22.8 Å². The molecular formula is C13H15F3N2O3. The van der Waals surface area contributed by atoms with Crippen LogP contribution in [0.1, 0.15) is 18.4 Å². The molecule has 0 amide bonds. The third-order valence-electron chi connectivity index (χ3n) is 3.61. The number of nitrogens with zero attached hydrogens (tertiary/aromatic N) is 2. The zero-order valence-electron chi connectivity index (χ0n) is 11.7. The minimum atomic E-state index is -1.51. The van der Waals surface area contributed by atoms with E-state index in [1.165, 1.54) is 0 Å². The fraction of sp³-hybridized carbons (Fsp3) is 0.538. The van der Waals surface area contributed by atoms with Crippen LogP contribution in [0.3, 0.4) is 0 Å². The van der Waals surface area contributed by atoms with Crippen LogP contribution in [0, 0.1) is 34.5 Å². The molecule has 8 heteroatoms. The summed E-state index contributed by atoms with van der Waals surface area (Å²) >= 11 is 0. The highest BCUT2D eigenvalue weighted by molar-refractivity contribution is 5.52. The van der Waals surface area contributed by atoms with E-state index in [2.05, 4.69) is 0 Å². The lowest BCUT2D eigenvalue weighted by Gasteiger charge is -2.29. The van der Waals surface area contributed by atoms with E-state index in [0.29, 0.717) is 25.9 Å². The van der Waals surface area contributed by atoms with Gasteiger partial charge in [-0.25, -0.2) is 4.39 Å². The highest BCUT2D eigenvalue weighted by Gasteiger charge is 2.34. The Labute approximate surface area is 119 Å². The van der Waals surface area contributed by atoms with Gasteiger partial charge in [0.2, 0.25) is 17.4 Å². The van der Waals surface area contributed by atoms with Crippen molar-refractivity contribution in [3.8, 4) is 5.75 Å². The smallest absolute Gasteiger partial charge is 0.349 e. The van der Waals surface area contributed by atoms with Gasteiger partial charge in [0.05, 0.1) is 4.92 Å². The average molecular weight is 304 g/mol. The maximum Gasteiger partial charge on any atom is 0.349 e. The number of nitro benzene ring substituents is 1. The number of hydrogen-bond acceptors (Lipinski definition) is 4. The second kappa shape index (κ2) is 5.88. The van der Waals surface area contributed by atoms with Crippen molar-refractivity contribution in [1.29, 1.82) is 0 Å². The monoisotopic (exact) mass is 304 g/mol. The van der Waals surface area contributed by atoms with Gasteiger partial charge >= 0.3 is 5.69 Å². The van der Waals surface area contributed by atoms with Crippen LogP contribution in [0.25, 0.3) is 0 Å². The molecule has 2 rings (SSSR count). The van der Waals surface area contributed by atoms with E-state index in [4.69, 9.17) is 4.74 Å². The van der Waals surface area contributed by atoms with Crippen molar-refractivity contribution in [2.45, 2.75) is 25.9 Å². The molecule has 0 saturated carbocycles. The first-order valence-electron chi connectivity index (χ1n) is 6.49. The summed E-state index contributed by atoms with van der Waals surface area (Å²) in [6, 6.07) is 0. The van der Waals surface area contributed by atoms with Crippen molar-refractivity contribution >= 4 is 5.69 Å². The van der Waals surface area contributed by atoms with E-state index in [9.17, 15) is 23.3 Å². The lowest BCUT2D eigenvalue weighted by Crippen LogP contribution is -2.36. The van der Waals surface area contributed by atoms with Crippen LogP contribution in [0.15, 0.2) is 0 Å². The van der Waals surface area contributed by atoms with Crippen LogP contribution in [0.2, 0.25) is 0 Å². The van der Waals surface area contributed by atoms with Gasteiger partial charge in [0.15, 0.2) is 5.82 Å². The summed E-state index contributed by atoms with van der Waals surface area (Å²) < 4.78 is 46.6. The van der Waals surface area contributed by atoms with E-state index in [-0.39, 0.29) is 0 Å². The number of likely N-dealkylation sites (tertiary alicyclic amines) is 1. The second-order valence-electron chi connectivity index (χ2n) is 5.12. The van der Waals surface area contributed by atoms with Crippen LogP contribution in [-0.4, -0.2) is 36.1 Å². The van der Waals surface area contributed by atoms with Crippen LogP contribution < -0.4 is 4.74 Å². The molecule has 1 aliphatic rings. The molecule has 21 heavy (non-hydrogen) atoms. The topological polar surface area (TPSA) is 55.6 Å². The van der Waals surface area contributed by atoms with Crippen molar-refractivity contribution in [3.63, 3.8) is 0 Å². The molecule has 1 heterocycles. The quantitative estimate of drug-likeness (QED) is 0.489. The van der Waals surface area contributed by atoms with Crippen LogP contribution >= 0.6 is 0 Å². The minimum absolute atomic E-state index is 0.504. The van der Waals surface area contributed by atoms with E-state index in [1.54, 1.807) is 0 Å². The summed E-state index contributed by atoms with van der Waals surface area (Å²) in [5.41, 5.74) is -1.87. The predicted octanol–water partition coefficient (Wildman–Crippen LogP) is 2.79. The Morgan fingerprint density at radius 1 is 1.19 bits per heavy atom. The summed E-state index contributed by atoms with van der Waals surface area (Å²) in [7, 11) is 1.89. The number of rotatable bonds is 3. The molecule has 0 N–H and O–H groups in total. The molecule has 1 fully saturated rings. The van der Waals surface area contributed by atoms with Gasteiger partial charge in [0.1, 0.15) is 6.10 Å².